The molecule has 0 bridgehead atoms. The lowest BCUT2D eigenvalue weighted by Crippen LogP contribution is -2.48. The number of halogens is 3. The van der Waals surface area contributed by atoms with Crippen LogP contribution in [0.5, 0.6) is 0 Å². The number of rotatable bonds is 8. The number of nitrogens with zero attached hydrogens (tertiary/aromatic N) is 2. The van der Waals surface area contributed by atoms with Gasteiger partial charge in [-0.25, -0.2) is 0 Å². The molecule has 0 saturated carbocycles. The highest BCUT2D eigenvalue weighted by atomic mass is 35.5. The molecule has 29 heavy (non-hydrogen) atoms. The van der Waals surface area contributed by atoms with E-state index in [1.54, 1.807) is 0 Å². The standard InChI is InChI=1S/C21H34N4O.3ClH/c26-21(7-6-19-8-10-22-11-9-19)23-12-13-24-14-16-25(17-15-24)18-20-4-2-1-3-5-20;;;/h1-5,19,22H,6-18H2,(H,23,26);3*1H. The first-order valence-electron chi connectivity index (χ1n) is 10.3. The molecule has 2 aliphatic heterocycles. The average Bonchev–Trinajstić information content (AvgIpc) is 2.69. The second kappa shape index (κ2) is 16.2. The zero-order valence-corrected chi connectivity index (χ0v) is 19.6. The Balaban J connectivity index is 0.00000261. The van der Waals surface area contributed by atoms with Crippen LogP contribution in [-0.2, 0) is 11.3 Å². The van der Waals surface area contributed by atoms with Gasteiger partial charge < -0.3 is 10.6 Å². The number of benzene rings is 1. The smallest absolute Gasteiger partial charge is 0.220 e. The van der Waals surface area contributed by atoms with Crippen LogP contribution in [0.15, 0.2) is 30.3 Å². The molecule has 0 radical (unpaired) electrons. The predicted molar refractivity (Wildman–Crippen MR) is 128 cm³/mol. The molecule has 168 valence electrons. The van der Waals surface area contributed by atoms with Gasteiger partial charge in [0.1, 0.15) is 0 Å². The third kappa shape index (κ3) is 10.9. The van der Waals surface area contributed by atoms with Gasteiger partial charge >= 0.3 is 0 Å². The van der Waals surface area contributed by atoms with E-state index in [1.165, 1.54) is 18.4 Å². The van der Waals surface area contributed by atoms with Crippen molar-refractivity contribution in [2.24, 2.45) is 5.92 Å². The molecule has 3 rings (SSSR count). The van der Waals surface area contributed by atoms with Crippen LogP contribution in [0.2, 0.25) is 0 Å². The number of hydrogen-bond donors (Lipinski definition) is 2. The fourth-order valence-corrected chi connectivity index (χ4v) is 3.96. The highest BCUT2D eigenvalue weighted by Crippen LogP contribution is 2.17. The Hall–Kier alpha value is -0.560. The van der Waals surface area contributed by atoms with Crippen molar-refractivity contribution in [2.75, 3.05) is 52.4 Å². The number of carbonyl (C=O) groups is 1. The molecule has 8 heteroatoms. The van der Waals surface area contributed by atoms with Crippen LogP contribution in [-0.4, -0.2) is 68.1 Å². The molecule has 2 heterocycles. The molecule has 1 aromatic carbocycles. The molecule has 0 spiro atoms. The lowest BCUT2D eigenvalue weighted by Gasteiger charge is -2.34. The highest BCUT2D eigenvalue weighted by molar-refractivity contribution is 5.86. The molecular formula is C21H37Cl3N4O. The van der Waals surface area contributed by atoms with Crippen LogP contribution < -0.4 is 10.6 Å². The van der Waals surface area contributed by atoms with Crippen molar-refractivity contribution in [3.05, 3.63) is 35.9 Å². The first kappa shape index (κ1) is 28.4. The van der Waals surface area contributed by atoms with Gasteiger partial charge in [0.2, 0.25) is 5.91 Å². The summed E-state index contributed by atoms with van der Waals surface area (Å²) in [4.78, 5) is 17.0. The molecule has 1 amide bonds. The van der Waals surface area contributed by atoms with E-state index in [0.717, 1.165) is 71.2 Å². The summed E-state index contributed by atoms with van der Waals surface area (Å²) in [6.45, 7) is 9.43. The van der Waals surface area contributed by atoms with E-state index in [4.69, 9.17) is 0 Å². The lowest BCUT2D eigenvalue weighted by atomic mass is 9.93. The fraction of sp³-hybridized carbons (Fsp3) is 0.667. The van der Waals surface area contributed by atoms with Gasteiger partial charge in [0, 0.05) is 52.2 Å². The van der Waals surface area contributed by atoms with Crippen molar-refractivity contribution in [3.63, 3.8) is 0 Å². The SMILES string of the molecule is Cl.Cl.Cl.O=C(CCC1CCNCC1)NCCN1CCN(Cc2ccccc2)CC1. The molecule has 0 aliphatic carbocycles. The van der Waals surface area contributed by atoms with Crippen LogP contribution in [0.25, 0.3) is 0 Å². The van der Waals surface area contributed by atoms with Gasteiger partial charge in [0.25, 0.3) is 0 Å². The monoisotopic (exact) mass is 466 g/mol. The zero-order valence-electron chi connectivity index (χ0n) is 17.2. The van der Waals surface area contributed by atoms with Gasteiger partial charge in [-0.15, -0.1) is 37.2 Å². The normalized spacial score (nSPS) is 18.1. The van der Waals surface area contributed by atoms with Gasteiger partial charge in [-0.2, -0.15) is 0 Å². The maximum atomic E-state index is 12.0. The number of piperazine rings is 1. The first-order chi connectivity index (χ1) is 12.8. The Bertz CT molecular complexity index is 536. The van der Waals surface area contributed by atoms with E-state index in [0.29, 0.717) is 6.42 Å². The molecule has 2 fully saturated rings. The first-order valence-corrected chi connectivity index (χ1v) is 10.3. The molecule has 1 aromatic rings. The summed E-state index contributed by atoms with van der Waals surface area (Å²) in [5, 5.41) is 6.49. The summed E-state index contributed by atoms with van der Waals surface area (Å²) in [5.74, 6) is 0.964. The van der Waals surface area contributed by atoms with Gasteiger partial charge in [-0.1, -0.05) is 30.3 Å². The van der Waals surface area contributed by atoms with Crippen molar-refractivity contribution < 1.29 is 4.79 Å². The Morgan fingerprint density at radius 2 is 1.59 bits per heavy atom. The van der Waals surface area contributed by atoms with Crippen LogP contribution in [0.1, 0.15) is 31.2 Å². The maximum absolute atomic E-state index is 12.0. The number of nitrogens with one attached hydrogen (secondary N) is 2. The summed E-state index contributed by atoms with van der Waals surface area (Å²) >= 11 is 0. The Labute approximate surface area is 194 Å². The fourth-order valence-electron chi connectivity index (χ4n) is 3.96. The number of hydrogen-bond acceptors (Lipinski definition) is 4. The van der Waals surface area contributed by atoms with Gasteiger partial charge in [0.05, 0.1) is 0 Å². The lowest BCUT2D eigenvalue weighted by molar-refractivity contribution is -0.121. The molecule has 0 unspecified atom stereocenters. The summed E-state index contributed by atoms with van der Waals surface area (Å²) in [6, 6.07) is 10.7. The van der Waals surface area contributed by atoms with Crippen LogP contribution in [0, 0.1) is 5.92 Å². The Morgan fingerprint density at radius 1 is 0.966 bits per heavy atom. The predicted octanol–water partition coefficient (Wildman–Crippen LogP) is 2.97. The third-order valence-corrected chi connectivity index (χ3v) is 5.70. The highest BCUT2D eigenvalue weighted by Gasteiger charge is 2.17. The van der Waals surface area contributed by atoms with Gasteiger partial charge in [0.15, 0.2) is 0 Å². The molecule has 2 N–H and O–H groups in total. The minimum Gasteiger partial charge on any atom is -0.355 e. The van der Waals surface area contributed by atoms with E-state index >= 15 is 0 Å². The second-order valence-corrected chi connectivity index (χ2v) is 7.69. The van der Waals surface area contributed by atoms with Crippen LogP contribution >= 0.6 is 37.2 Å². The number of carbonyl (C=O) groups excluding carboxylic acids is 1. The molecule has 5 nitrogen and oxygen atoms in total. The topological polar surface area (TPSA) is 47.6 Å². The van der Waals surface area contributed by atoms with Crippen LogP contribution in [0.3, 0.4) is 0 Å². The molecule has 0 atom stereocenters. The van der Waals surface area contributed by atoms with Crippen molar-refractivity contribution >= 4 is 43.1 Å². The Kier molecular flexibility index (Phi) is 15.9. The average molecular weight is 468 g/mol. The minimum absolute atomic E-state index is 0. The largest absolute Gasteiger partial charge is 0.355 e. The summed E-state index contributed by atoms with van der Waals surface area (Å²) in [7, 11) is 0. The van der Waals surface area contributed by atoms with Crippen molar-refractivity contribution in [2.45, 2.75) is 32.2 Å². The van der Waals surface area contributed by atoms with Gasteiger partial charge in [-0.3, -0.25) is 14.6 Å². The van der Waals surface area contributed by atoms with Crippen molar-refractivity contribution in [1.82, 2.24) is 20.4 Å². The van der Waals surface area contributed by atoms with Crippen molar-refractivity contribution in [3.8, 4) is 0 Å². The quantitative estimate of drug-likeness (QED) is 0.617. The Morgan fingerprint density at radius 3 is 2.24 bits per heavy atom. The molecule has 0 aromatic heterocycles. The summed E-state index contributed by atoms with van der Waals surface area (Å²) in [6.07, 6.45) is 4.18. The maximum Gasteiger partial charge on any atom is 0.220 e. The molecule has 2 saturated heterocycles. The van der Waals surface area contributed by atoms with E-state index in [2.05, 4.69) is 50.8 Å². The summed E-state index contributed by atoms with van der Waals surface area (Å²) < 4.78 is 0. The van der Waals surface area contributed by atoms with Crippen LogP contribution in [0.4, 0.5) is 0 Å². The molecular weight excluding hydrogens is 431 g/mol. The third-order valence-electron chi connectivity index (χ3n) is 5.70. The number of amides is 1. The minimum atomic E-state index is 0. The zero-order chi connectivity index (χ0) is 18.0. The van der Waals surface area contributed by atoms with E-state index < -0.39 is 0 Å². The van der Waals surface area contributed by atoms with E-state index in [-0.39, 0.29) is 43.1 Å². The van der Waals surface area contributed by atoms with Gasteiger partial charge in [-0.05, 0) is 43.8 Å². The number of piperidine rings is 1. The van der Waals surface area contributed by atoms with E-state index in [1.807, 2.05) is 0 Å². The van der Waals surface area contributed by atoms with E-state index in [9.17, 15) is 4.79 Å². The summed E-state index contributed by atoms with van der Waals surface area (Å²) in [5.41, 5.74) is 1.39. The molecule has 2 aliphatic rings. The second-order valence-electron chi connectivity index (χ2n) is 7.69. The van der Waals surface area contributed by atoms with Crippen molar-refractivity contribution in [1.29, 1.82) is 0 Å².